The van der Waals surface area contributed by atoms with Gasteiger partial charge in [0.05, 0.1) is 4.90 Å². The van der Waals surface area contributed by atoms with Crippen LogP contribution < -0.4 is 4.72 Å². The number of ether oxygens (including phenoxy) is 1. The van der Waals surface area contributed by atoms with Crippen LogP contribution in [-0.2, 0) is 19.6 Å². The molecule has 0 spiro atoms. The molecule has 0 aliphatic heterocycles. The third kappa shape index (κ3) is 5.37. The molecule has 2 aromatic rings. The van der Waals surface area contributed by atoms with E-state index in [9.17, 15) is 17.6 Å². The molecule has 7 heteroatoms. The minimum absolute atomic E-state index is 0.267. The summed E-state index contributed by atoms with van der Waals surface area (Å²) in [6.45, 7) is 5.07. The highest BCUT2D eigenvalue weighted by atomic mass is 32.2. The molecule has 0 aromatic heterocycles. The van der Waals surface area contributed by atoms with Crippen molar-refractivity contribution in [1.82, 2.24) is 4.72 Å². The van der Waals surface area contributed by atoms with Crippen LogP contribution >= 0.6 is 0 Å². The maximum Gasteiger partial charge on any atom is 0.329 e. The molecular formula is C18H20FNO4S. The molecule has 1 unspecified atom stereocenters. The summed E-state index contributed by atoms with van der Waals surface area (Å²) in [6.07, 6.45) is 0. The quantitative estimate of drug-likeness (QED) is 0.826. The summed E-state index contributed by atoms with van der Waals surface area (Å²) in [4.78, 5) is 12.2. The van der Waals surface area contributed by atoms with Gasteiger partial charge in [-0.1, -0.05) is 36.4 Å². The van der Waals surface area contributed by atoms with Gasteiger partial charge in [-0.25, -0.2) is 17.6 Å². The fraction of sp³-hybridized carbons (Fsp3) is 0.278. The number of benzene rings is 2. The summed E-state index contributed by atoms with van der Waals surface area (Å²) in [7, 11) is -4.12. The first kappa shape index (κ1) is 19.1. The van der Waals surface area contributed by atoms with E-state index in [-0.39, 0.29) is 4.90 Å². The number of esters is 1. The number of carbonyl (C=O) groups excluding carboxylic acids is 1. The van der Waals surface area contributed by atoms with Crippen molar-refractivity contribution < 1.29 is 22.3 Å². The maximum absolute atomic E-state index is 13.4. The third-order valence-corrected chi connectivity index (χ3v) is 4.58. The highest BCUT2D eigenvalue weighted by Gasteiger charge is 2.31. The van der Waals surface area contributed by atoms with Crippen LogP contribution in [0.25, 0.3) is 0 Å². The van der Waals surface area contributed by atoms with E-state index < -0.39 is 33.5 Å². The lowest BCUT2D eigenvalue weighted by Crippen LogP contribution is -2.38. The molecule has 0 saturated carbocycles. The van der Waals surface area contributed by atoms with Crippen molar-refractivity contribution in [2.45, 2.75) is 37.3 Å². The second-order valence-corrected chi connectivity index (χ2v) is 8.17. The van der Waals surface area contributed by atoms with Gasteiger partial charge in [0.25, 0.3) is 0 Å². The topological polar surface area (TPSA) is 72.5 Å². The van der Waals surface area contributed by atoms with Gasteiger partial charge in [-0.2, -0.15) is 4.72 Å². The molecule has 134 valence electrons. The van der Waals surface area contributed by atoms with Gasteiger partial charge >= 0.3 is 5.97 Å². The van der Waals surface area contributed by atoms with Gasteiger partial charge in [0, 0.05) is 0 Å². The Morgan fingerprint density at radius 2 is 1.72 bits per heavy atom. The van der Waals surface area contributed by atoms with E-state index in [1.54, 1.807) is 51.1 Å². The molecule has 25 heavy (non-hydrogen) atoms. The van der Waals surface area contributed by atoms with Crippen molar-refractivity contribution >= 4 is 16.0 Å². The highest BCUT2D eigenvalue weighted by Crippen LogP contribution is 2.21. The summed E-state index contributed by atoms with van der Waals surface area (Å²) in [5.41, 5.74) is -0.356. The lowest BCUT2D eigenvalue weighted by atomic mass is 10.1. The lowest BCUT2D eigenvalue weighted by Gasteiger charge is -2.24. The number of carbonyl (C=O) groups is 1. The second-order valence-electron chi connectivity index (χ2n) is 6.46. The standard InChI is InChI=1S/C18H20FNO4S/c1-18(2,3)24-17(21)16(13-8-5-4-6-9-13)20-25(22,23)15-11-7-10-14(19)12-15/h4-12,16,20H,1-3H3. The first-order valence-electron chi connectivity index (χ1n) is 7.64. The highest BCUT2D eigenvalue weighted by molar-refractivity contribution is 7.89. The minimum Gasteiger partial charge on any atom is -0.459 e. The Kier molecular flexibility index (Phi) is 5.59. The van der Waals surface area contributed by atoms with Crippen LogP contribution in [0.1, 0.15) is 32.4 Å². The monoisotopic (exact) mass is 365 g/mol. The fourth-order valence-electron chi connectivity index (χ4n) is 2.12. The third-order valence-electron chi connectivity index (χ3n) is 3.15. The van der Waals surface area contributed by atoms with Crippen LogP contribution in [-0.4, -0.2) is 20.0 Å². The summed E-state index contributed by atoms with van der Waals surface area (Å²) in [5, 5.41) is 0. The Hall–Kier alpha value is -2.25. The molecule has 1 atom stereocenters. The summed E-state index contributed by atoms with van der Waals surface area (Å²) >= 11 is 0. The molecule has 2 rings (SSSR count). The molecule has 0 fully saturated rings. The van der Waals surface area contributed by atoms with E-state index >= 15 is 0 Å². The largest absolute Gasteiger partial charge is 0.459 e. The van der Waals surface area contributed by atoms with Gasteiger partial charge < -0.3 is 4.74 Å². The normalized spacial score (nSPS) is 13.3. The number of sulfonamides is 1. The number of halogens is 1. The zero-order chi connectivity index (χ0) is 18.7. The van der Waals surface area contributed by atoms with Crippen molar-refractivity contribution in [3.63, 3.8) is 0 Å². The van der Waals surface area contributed by atoms with Crippen LogP contribution in [0, 0.1) is 5.82 Å². The van der Waals surface area contributed by atoms with Gasteiger partial charge in [0.2, 0.25) is 10.0 Å². The van der Waals surface area contributed by atoms with Crippen molar-refractivity contribution in [3.8, 4) is 0 Å². The Morgan fingerprint density at radius 3 is 2.28 bits per heavy atom. The number of nitrogens with one attached hydrogen (secondary N) is 1. The minimum atomic E-state index is -4.12. The molecule has 0 bridgehead atoms. The molecule has 2 aromatic carbocycles. The molecular weight excluding hydrogens is 345 g/mol. The van der Waals surface area contributed by atoms with Gasteiger partial charge in [-0.05, 0) is 44.5 Å². The van der Waals surface area contributed by atoms with Crippen LogP contribution in [0.3, 0.4) is 0 Å². The van der Waals surface area contributed by atoms with E-state index in [1.807, 2.05) is 0 Å². The SMILES string of the molecule is CC(C)(C)OC(=O)C(NS(=O)(=O)c1cccc(F)c1)c1ccccc1. The molecule has 0 amide bonds. The van der Waals surface area contributed by atoms with Crippen molar-refractivity contribution in [3.05, 3.63) is 66.0 Å². The first-order valence-corrected chi connectivity index (χ1v) is 9.12. The van der Waals surface area contributed by atoms with Crippen LogP contribution in [0.5, 0.6) is 0 Å². The molecule has 0 aliphatic rings. The van der Waals surface area contributed by atoms with Crippen molar-refractivity contribution in [2.24, 2.45) is 0 Å². The van der Waals surface area contributed by atoms with E-state index in [4.69, 9.17) is 4.74 Å². The number of hydrogen-bond acceptors (Lipinski definition) is 4. The first-order chi connectivity index (χ1) is 11.6. The van der Waals surface area contributed by atoms with Crippen LogP contribution in [0.4, 0.5) is 4.39 Å². The summed E-state index contributed by atoms with van der Waals surface area (Å²) in [5.74, 6) is -1.42. The summed E-state index contributed by atoms with van der Waals surface area (Å²) < 4.78 is 46.1. The Balaban J connectivity index is 2.38. The van der Waals surface area contributed by atoms with E-state index in [2.05, 4.69) is 4.72 Å². The molecule has 0 radical (unpaired) electrons. The van der Waals surface area contributed by atoms with Gasteiger partial charge in [0.15, 0.2) is 0 Å². The average molecular weight is 365 g/mol. The zero-order valence-corrected chi connectivity index (χ0v) is 15.0. The summed E-state index contributed by atoms with van der Waals surface area (Å²) in [6, 6.07) is 11.7. The van der Waals surface area contributed by atoms with Crippen molar-refractivity contribution in [1.29, 1.82) is 0 Å². The van der Waals surface area contributed by atoms with Crippen molar-refractivity contribution in [2.75, 3.05) is 0 Å². The predicted octanol–water partition coefficient (Wildman–Crippen LogP) is 3.19. The van der Waals surface area contributed by atoms with Crippen LogP contribution in [0.15, 0.2) is 59.5 Å². The van der Waals surface area contributed by atoms with Gasteiger partial charge in [-0.3, -0.25) is 0 Å². The average Bonchev–Trinajstić information content (AvgIpc) is 2.52. The number of rotatable bonds is 5. The van der Waals surface area contributed by atoms with Gasteiger partial charge in [-0.15, -0.1) is 0 Å². The molecule has 1 N–H and O–H groups in total. The fourth-order valence-corrected chi connectivity index (χ4v) is 3.32. The number of hydrogen-bond donors (Lipinski definition) is 1. The molecule has 5 nitrogen and oxygen atoms in total. The second kappa shape index (κ2) is 7.33. The van der Waals surface area contributed by atoms with Crippen LogP contribution in [0.2, 0.25) is 0 Å². The molecule has 0 saturated heterocycles. The Morgan fingerprint density at radius 1 is 1.08 bits per heavy atom. The van der Waals surface area contributed by atoms with E-state index in [1.165, 1.54) is 12.1 Å². The zero-order valence-electron chi connectivity index (χ0n) is 14.2. The Bertz CT molecular complexity index is 845. The predicted molar refractivity (Wildman–Crippen MR) is 91.7 cm³/mol. The smallest absolute Gasteiger partial charge is 0.329 e. The molecule has 0 heterocycles. The van der Waals surface area contributed by atoms with E-state index in [0.717, 1.165) is 12.1 Å². The maximum atomic E-state index is 13.4. The van der Waals surface area contributed by atoms with E-state index in [0.29, 0.717) is 5.56 Å². The Labute approximate surface area is 146 Å². The molecule has 0 aliphatic carbocycles. The lowest BCUT2D eigenvalue weighted by molar-refractivity contribution is -0.157. The van der Waals surface area contributed by atoms with Gasteiger partial charge in [0.1, 0.15) is 17.5 Å².